The predicted molar refractivity (Wildman–Crippen MR) is 121 cm³/mol. The summed E-state index contributed by atoms with van der Waals surface area (Å²) < 4.78 is 7.31. The van der Waals surface area contributed by atoms with Crippen LogP contribution in [0.25, 0.3) is 6.08 Å². The Balaban J connectivity index is 1.79. The molecule has 0 fully saturated rings. The Kier molecular flexibility index (Phi) is 4.05. The van der Waals surface area contributed by atoms with Gasteiger partial charge >= 0.3 is 5.69 Å². The Labute approximate surface area is 182 Å². The second-order valence-electron chi connectivity index (χ2n) is 8.05. The van der Waals surface area contributed by atoms with Gasteiger partial charge in [0.1, 0.15) is 0 Å². The molecule has 3 aromatic rings. The van der Waals surface area contributed by atoms with E-state index in [-0.39, 0.29) is 11.4 Å². The summed E-state index contributed by atoms with van der Waals surface area (Å²) in [7, 11) is 0. The van der Waals surface area contributed by atoms with Crippen LogP contribution in [0.1, 0.15) is 25.0 Å². The van der Waals surface area contributed by atoms with Crippen LogP contribution in [-0.4, -0.2) is 10.6 Å². The molecule has 0 amide bonds. The van der Waals surface area contributed by atoms with E-state index in [1.165, 1.54) is 6.07 Å². The Hall–Kier alpha value is -3.12. The van der Waals surface area contributed by atoms with Gasteiger partial charge in [0.2, 0.25) is 11.5 Å². The number of hydrogen-bond acceptors (Lipinski definition) is 4. The van der Waals surface area contributed by atoms with Crippen LogP contribution in [0.2, 0.25) is 0 Å². The van der Waals surface area contributed by atoms with E-state index in [9.17, 15) is 10.1 Å². The molecule has 1 spiro atoms. The molecule has 0 radical (unpaired) electrons. The number of benzene rings is 3. The highest BCUT2D eigenvalue weighted by Gasteiger charge is 2.60. The minimum absolute atomic E-state index is 0.0529. The normalized spacial score (nSPS) is 20.6. The van der Waals surface area contributed by atoms with Crippen LogP contribution in [-0.2, 0) is 5.41 Å². The molecule has 2 aliphatic rings. The van der Waals surface area contributed by atoms with E-state index in [4.69, 9.17) is 4.74 Å². The number of nitrogens with zero attached hydrogens (tertiary/aromatic N) is 2. The van der Waals surface area contributed by atoms with Gasteiger partial charge in [-0.1, -0.05) is 52.3 Å². The number of nitro groups is 1. The van der Waals surface area contributed by atoms with Crippen molar-refractivity contribution < 1.29 is 9.66 Å². The van der Waals surface area contributed by atoms with E-state index in [1.807, 2.05) is 60.7 Å². The zero-order valence-electron chi connectivity index (χ0n) is 16.5. The summed E-state index contributed by atoms with van der Waals surface area (Å²) in [6.45, 7) is 4.24. The van der Waals surface area contributed by atoms with Gasteiger partial charge in [-0.2, -0.15) is 0 Å². The maximum absolute atomic E-state index is 11.8. The fraction of sp³-hybridized carbons (Fsp3) is 0.167. The lowest BCUT2D eigenvalue weighted by Gasteiger charge is -2.46. The molecule has 0 aliphatic carbocycles. The first-order chi connectivity index (χ1) is 14.3. The molecule has 0 saturated heterocycles. The van der Waals surface area contributed by atoms with Crippen molar-refractivity contribution >= 4 is 39.1 Å². The van der Waals surface area contributed by atoms with Crippen LogP contribution in [0.15, 0.2) is 77.3 Å². The minimum atomic E-state index is -0.955. The van der Waals surface area contributed by atoms with Gasteiger partial charge < -0.3 is 4.74 Å². The maximum Gasteiger partial charge on any atom is 0.312 e. The van der Waals surface area contributed by atoms with Crippen molar-refractivity contribution in [2.75, 3.05) is 4.90 Å². The van der Waals surface area contributed by atoms with Crippen LogP contribution in [0.4, 0.5) is 17.1 Å². The molecule has 1 unspecified atom stereocenters. The second kappa shape index (κ2) is 6.44. The highest BCUT2D eigenvalue weighted by atomic mass is 79.9. The van der Waals surface area contributed by atoms with Gasteiger partial charge in [0.25, 0.3) is 0 Å². The lowest BCUT2D eigenvalue weighted by molar-refractivity contribution is -0.386. The van der Waals surface area contributed by atoms with Gasteiger partial charge in [-0.15, -0.1) is 0 Å². The van der Waals surface area contributed by atoms with Gasteiger partial charge in [0, 0.05) is 27.5 Å². The van der Waals surface area contributed by atoms with E-state index >= 15 is 0 Å². The van der Waals surface area contributed by atoms with Gasteiger partial charge in [0.15, 0.2) is 0 Å². The highest BCUT2D eigenvalue weighted by Crippen LogP contribution is 2.58. The fourth-order valence-electron chi connectivity index (χ4n) is 4.58. The SMILES string of the molecule is CC1(C)c2ccccc2N(c2ccccc2)C12C=Cc1cc(Br)cc([N+](=O)[O-])c1O2. The lowest BCUT2D eigenvalue weighted by atomic mass is 9.76. The van der Waals surface area contributed by atoms with Crippen LogP contribution >= 0.6 is 15.9 Å². The number of ether oxygens (including phenoxy) is 1. The molecule has 2 heterocycles. The number of halogens is 1. The molecule has 5 nitrogen and oxygen atoms in total. The fourth-order valence-corrected chi connectivity index (χ4v) is 5.04. The quantitative estimate of drug-likeness (QED) is 0.318. The van der Waals surface area contributed by atoms with Crippen molar-refractivity contribution in [1.82, 2.24) is 0 Å². The summed E-state index contributed by atoms with van der Waals surface area (Å²) in [6, 6.07) is 21.5. The van der Waals surface area contributed by atoms with Crippen molar-refractivity contribution in [3.63, 3.8) is 0 Å². The van der Waals surface area contributed by atoms with E-state index in [1.54, 1.807) is 0 Å². The van der Waals surface area contributed by atoms with Gasteiger partial charge in [-0.05, 0) is 55.8 Å². The number of para-hydroxylation sites is 2. The zero-order valence-corrected chi connectivity index (χ0v) is 18.1. The van der Waals surface area contributed by atoms with Gasteiger partial charge in [-0.3, -0.25) is 15.0 Å². The molecule has 0 aromatic heterocycles. The van der Waals surface area contributed by atoms with Gasteiger partial charge in [0.05, 0.1) is 10.3 Å². The number of nitro benzene ring substituents is 1. The zero-order chi connectivity index (χ0) is 21.1. The summed E-state index contributed by atoms with van der Waals surface area (Å²) in [5.74, 6) is 0.285. The molecule has 0 saturated carbocycles. The van der Waals surface area contributed by atoms with Crippen LogP contribution in [0.5, 0.6) is 5.75 Å². The van der Waals surface area contributed by atoms with Crippen molar-refractivity contribution in [2.45, 2.75) is 25.0 Å². The van der Waals surface area contributed by atoms with Crippen LogP contribution in [0.3, 0.4) is 0 Å². The molecular formula is C24H19BrN2O3. The Morgan fingerprint density at radius 2 is 1.73 bits per heavy atom. The minimum Gasteiger partial charge on any atom is -0.455 e. The van der Waals surface area contributed by atoms with E-state index < -0.39 is 16.1 Å². The summed E-state index contributed by atoms with van der Waals surface area (Å²) in [5.41, 5.74) is 2.31. The molecular weight excluding hydrogens is 444 g/mol. The van der Waals surface area contributed by atoms with E-state index in [0.29, 0.717) is 10.0 Å². The second-order valence-corrected chi connectivity index (χ2v) is 8.96. The molecule has 150 valence electrons. The monoisotopic (exact) mass is 462 g/mol. The molecule has 0 N–H and O–H groups in total. The van der Waals surface area contributed by atoms with Crippen LogP contribution in [0, 0.1) is 10.1 Å². The van der Waals surface area contributed by atoms with Crippen molar-refractivity contribution in [1.29, 1.82) is 0 Å². The molecule has 0 bridgehead atoms. The summed E-state index contributed by atoms with van der Waals surface area (Å²) >= 11 is 3.37. The molecule has 6 heteroatoms. The third kappa shape index (κ3) is 2.46. The molecule has 2 aliphatic heterocycles. The van der Waals surface area contributed by atoms with Crippen molar-refractivity contribution in [2.24, 2.45) is 0 Å². The maximum atomic E-state index is 11.8. The van der Waals surface area contributed by atoms with Crippen LogP contribution < -0.4 is 9.64 Å². The number of fused-ring (bicyclic) bond motifs is 2. The summed E-state index contributed by atoms with van der Waals surface area (Å²) in [4.78, 5) is 13.6. The molecule has 3 aromatic carbocycles. The van der Waals surface area contributed by atoms with Crippen molar-refractivity contribution in [3.05, 3.63) is 98.5 Å². The van der Waals surface area contributed by atoms with E-state index in [0.717, 1.165) is 16.9 Å². The average Bonchev–Trinajstić information content (AvgIpc) is 2.92. The molecule has 30 heavy (non-hydrogen) atoms. The third-order valence-corrected chi connectivity index (χ3v) is 6.52. The first kappa shape index (κ1) is 18.9. The highest BCUT2D eigenvalue weighted by molar-refractivity contribution is 9.10. The number of rotatable bonds is 2. The molecule has 5 rings (SSSR count). The van der Waals surface area contributed by atoms with E-state index in [2.05, 4.69) is 46.8 Å². The Morgan fingerprint density at radius 1 is 1.03 bits per heavy atom. The van der Waals surface area contributed by atoms with Gasteiger partial charge in [-0.25, -0.2) is 0 Å². The molecule has 1 atom stereocenters. The predicted octanol–water partition coefficient (Wildman–Crippen LogP) is 6.59. The van der Waals surface area contributed by atoms with Crippen molar-refractivity contribution in [3.8, 4) is 5.75 Å². The lowest BCUT2D eigenvalue weighted by Crippen LogP contribution is -2.57. The Bertz CT molecular complexity index is 1210. The first-order valence-corrected chi connectivity index (χ1v) is 10.5. The first-order valence-electron chi connectivity index (χ1n) is 9.66. The third-order valence-electron chi connectivity index (χ3n) is 6.07. The Morgan fingerprint density at radius 3 is 2.47 bits per heavy atom. The number of hydrogen-bond donors (Lipinski definition) is 0. The topological polar surface area (TPSA) is 55.6 Å². The summed E-state index contributed by atoms with van der Waals surface area (Å²) in [5, 5.41) is 11.8. The smallest absolute Gasteiger partial charge is 0.312 e. The largest absolute Gasteiger partial charge is 0.455 e. The summed E-state index contributed by atoms with van der Waals surface area (Å²) in [6.07, 6.45) is 3.96. The average molecular weight is 463 g/mol. The standard InChI is InChI=1S/C24H19BrN2O3/c1-23(2)19-10-6-7-11-20(19)26(18-8-4-3-5-9-18)24(23)13-12-16-14-17(25)15-21(27(28)29)22(16)30-24/h3-15H,1-2H3. The number of anilines is 2.